The molecule has 2 rings (SSSR count). The summed E-state index contributed by atoms with van der Waals surface area (Å²) in [6, 6.07) is 8.08. The van der Waals surface area contributed by atoms with Crippen LogP contribution in [0.3, 0.4) is 0 Å². The molecule has 0 aliphatic carbocycles. The van der Waals surface area contributed by atoms with Crippen LogP contribution in [0.5, 0.6) is 5.75 Å². The Morgan fingerprint density at radius 3 is 2.79 bits per heavy atom. The van der Waals surface area contributed by atoms with Gasteiger partial charge >= 0.3 is 0 Å². The average Bonchev–Trinajstić information content (AvgIpc) is 2.46. The summed E-state index contributed by atoms with van der Waals surface area (Å²) in [5.74, 6) is 1.87. The fraction of sp³-hybridized carbons (Fsp3) is 0.400. The first-order chi connectivity index (χ1) is 9.30. The summed E-state index contributed by atoms with van der Waals surface area (Å²) in [6.45, 7) is 4.59. The van der Waals surface area contributed by atoms with Crippen LogP contribution < -0.4 is 15.4 Å². The highest BCUT2D eigenvalue weighted by molar-refractivity contribution is 5.93. The molecule has 0 spiro atoms. The molecule has 1 heterocycles. The van der Waals surface area contributed by atoms with Gasteiger partial charge in [0.15, 0.2) is 0 Å². The minimum atomic E-state index is 0.633. The van der Waals surface area contributed by atoms with Gasteiger partial charge in [-0.25, -0.2) is 4.98 Å². The van der Waals surface area contributed by atoms with Crippen LogP contribution in [0.1, 0.15) is 13.3 Å². The lowest BCUT2D eigenvalue weighted by molar-refractivity contribution is 0.415. The van der Waals surface area contributed by atoms with E-state index in [9.17, 15) is 0 Å². The second-order valence-electron chi connectivity index (χ2n) is 4.50. The van der Waals surface area contributed by atoms with E-state index in [2.05, 4.69) is 22.9 Å². The zero-order valence-electron chi connectivity index (χ0n) is 11.6. The summed E-state index contributed by atoms with van der Waals surface area (Å²) in [4.78, 5) is 6.77. The molecule has 2 aromatic rings. The second kappa shape index (κ2) is 6.38. The van der Waals surface area contributed by atoms with Crippen LogP contribution in [-0.4, -0.2) is 31.7 Å². The molecule has 0 aliphatic rings. The number of rotatable bonds is 6. The zero-order valence-corrected chi connectivity index (χ0v) is 11.6. The molecule has 0 saturated carbocycles. The standard InChI is InChI=1S/C15H21N3O/c1-3-9-18(10-7-16)15-14-5-4-13(19-2)11-12(14)6-8-17-15/h4-6,8,11H,3,7,9-10,16H2,1-2H3. The molecule has 0 radical (unpaired) electrons. The van der Waals surface area contributed by atoms with Crippen molar-refractivity contribution < 1.29 is 4.74 Å². The lowest BCUT2D eigenvalue weighted by atomic mass is 10.1. The van der Waals surface area contributed by atoms with Gasteiger partial charge in [0.2, 0.25) is 0 Å². The topological polar surface area (TPSA) is 51.4 Å². The van der Waals surface area contributed by atoms with E-state index in [0.29, 0.717) is 6.54 Å². The number of benzene rings is 1. The van der Waals surface area contributed by atoms with Gasteiger partial charge in [0.25, 0.3) is 0 Å². The normalized spacial score (nSPS) is 10.7. The summed E-state index contributed by atoms with van der Waals surface area (Å²) in [6.07, 6.45) is 2.92. The van der Waals surface area contributed by atoms with Crippen molar-refractivity contribution in [3.05, 3.63) is 30.5 Å². The van der Waals surface area contributed by atoms with Gasteiger partial charge in [0, 0.05) is 31.2 Å². The number of hydrogen-bond donors (Lipinski definition) is 1. The Bertz CT molecular complexity index is 536. The quantitative estimate of drug-likeness (QED) is 0.865. The van der Waals surface area contributed by atoms with Gasteiger partial charge < -0.3 is 15.4 Å². The first-order valence-electron chi connectivity index (χ1n) is 6.68. The van der Waals surface area contributed by atoms with E-state index in [1.165, 1.54) is 0 Å². The Morgan fingerprint density at radius 1 is 1.26 bits per heavy atom. The SMILES string of the molecule is CCCN(CCN)c1nccc2cc(OC)ccc12. The lowest BCUT2D eigenvalue weighted by Crippen LogP contribution is -2.30. The van der Waals surface area contributed by atoms with Gasteiger partial charge in [-0.1, -0.05) is 6.92 Å². The van der Waals surface area contributed by atoms with E-state index < -0.39 is 0 Å². The third-order valence-electron chi connectivity index (χ3n) is 3.14. The predicted octanol–water partition coefficient (Wildman–Crippen LogP) is 2.42. The number of methoxy groups -OCH3 is 1. The summed E-state index contributed by atoms with van der Waals surface area (Å²) < 4.78 is 5.26. The van der Waals surface area contributed by atoms with E-state index in [1.54, 1.807) is 7.11 Å². The van der Waals surface area contributed by atoms with Crippen molar-refractivity contribution in [1.82, 2.24) is 4.98 Å². The molecule has 4 nitrogen and oxygen atoms in total. The highest BCUT2D eigenvalue weighted by Gasteiger charge is 2.10. The van der Waals surface area contributed by atoms with Gasteiger partial charge in [0.05, 0.1) is 7.11 Å². The molecule has 0 bridgehead atoms. The average molecular weight is 259 g/mol. The predicted molar refractivity (Wildman–Crippen MR) is 79.9 cm³/mol. The zero-order chi connectivity index (χ0) is 13.7. The van der Waals surface area contributed by atoms with Crippen LogP contribution in [0.4, 0.5) is 5.82 Å². The maximum absolute atomic E-state index is 5.70. The van der Waals surface area contributed by atoms with Gasteiger partial charge in [0.1, 0.15) is 11.6 Å². The molecular weight excluding hydrogens is 238 g/mol. The van der Waals surface area contributed by atoms with Crippen LogP contribution in [0, 0.1) is 0 Å². The minimum absolute atomic E-state index is 0.633. The molecule has 0 atom stereocenters. The number of fused-ring (bicyclic) bond motifs is 1. The summed E-state index contributed by atoms with van der Waals surface area (Å²) >= 11 is 0. The fourth-order valence-electron chi connectivity index (χ4n) is 2.27. The number of aromatic nitrogens is 1. The maximum atomic E-state index is 5.70. The number of ether oxygens (including phenoxy) is 1. The van der Waals surface area contributed by atoms with Gasteiger partial charge in [-0.3, -0.25) is 0 Å². The van der Waals surface area contributed by atoms with Crippen LogP contribution >= 0.6 is 0 Å². The Morgan fingerprint density at radius 2 is 2.11 bits per heavy atom. The molecule has 0 amide bonds. The molecule has 102 valence electrons. The van der Waals surface area contributed by atoms with Crippen molar-refractivity contribution in [3.63, 3.8) is 0 Å². The number of pyridine rings is 1. The van der Waals surface area contributed by atoms with Gasteiger partial charge in [-0.05, 0) is 36.1 Å². The lowest BCUT2D eigenvalue weighted by Gasteiger charge is -2.23. The first-order valence-corrected chi connectivity index (χ1v) is 6.68. The van der Waals surface area contributed by atoms with Crippen molar-refractivity contribution in [1.29, 1.82) is 0 Å². The first kappa shape index (κ1) is 13.6. The Labute approximate surface area is 114 Å². The number of nitrogens with two attached hydrogens (primary N) is 1. The van der Waals surface area contributed by atoms with Gasteiger partial charge in [-0.2, -0.15) is 0 Å². The molecule has 4 heteroatoms. The van der Waals surface area contributed by atoms with Crippen LogP contribution in [-0.2, 0) is 0 Å². The summed E-state index contributed by atoms with van der Waals surface area (Å²) in [5.41, 5.74) is 5.70. The Hall–Kier alpha value is -1.81. The van der Waals surface area contributed by atoms with Crippen molar-refractivity contribution in [2.24, 2.45) is 5.73 Å². The molecule has 0 unspecified atom stereocenters. The Balaban J connectivity index is 2.46. The minimum Gasteiger partial charge on any atom is -0.497 e. The van der Waals surface area contributed by atoms with Crippen LogP contribution in [0.15, 0.2) is 30.5 Å². The molecule has 0 fully saturated rings. The maximum Gasteiger partial charge on any atom is 0.136 e. The van der Waals surface area contributed by atoms with Crippen molar-refractivity contribution >= 4 is 16.6 Å². The van der Waals surface area contributed by atoms with E-state index >= 15 is 0 Å². The molecule has 2 N–H and O–H groups in total. The monoisotopic (exact) mass is 259 g/mol. The second-order valence-corrected chi connectivity index (χ2v) is 4.50. The fourth-order valence-corrected chi connectivity index (χ4v) is 2.27. The van der Waals surface area contributed by atoms with Crippen molar-refractivity contribution in [2.75, 3.05) is 31.6 Å². The van der Waals surface area contributed by atoms with Crippen molar-refractivity contribution in [3.8, 4) is 5.75 Å². The number of nitrogens with zero attached hydrogens (tertiary/aromatic N) is 2. The number of anilines is 1. The highest BCUT2D eigenvalue weighted by Crippen LogP contribution is 2.27. The van der Waals surface area contributed by atoms with E-state index in [-0.39, 0.29) is 0 Å². The molecule has 19 heavy (non-hydrogen) atoms. The smallest absolute Gasteiger partial charge is 0.136 e. The highest BCUT2D eigenvalue weighted by atomic mass is 16.5. The summed E-state index contributed by atoms with van der Waals surface area (Å²) in [5, 5.41) is 2.28. The van der Waals surface area contributed by atoms with E-state index in [1.807, 2.05) is 24.4 Å². The van der Waals surface area contributed by atoms with Crippen LogP contribution in [0.25, 0.3) is 10.8 Å². The van der Waals surface area contributed by atoms with Crippen LogP contribution in [0.2, 0.25) is 0 Å². The Kier molecular flexibility index (Phi) is 4.58. The van der Waals surface area contributed by atoms with Gasteiger partial charge in [-0.15, -0.1) is 0 Å². The molecule has 0 aliphatic heterocycles. The third-order valence-corrected chi connectivity index (χ3v) is 3.14. The van der Waals surface area contributed by atoms with E-state index in [4.69, 9.17) is 10.5 Å². The molecule has 1 aromatic heterocycles. The largest absolute Gasteiger partial charge is 0.497 e. The molecular formula is C15H21N3O. The van der Waals surface area contributed by atoms with E-state index in [0.717, 1.165) is 41.9 Å². The number of hydrogen-bond acceptors (Lipinski definition) is 4. The molecule has 1 aromatic carbocycles. The third kappa shape index (κ3) is 2.96. The molecule has 0 saturated heterocycles. The summed E-state index contributed by atoms with van der Waals surface area (Å²) in [7, 11) is 1.68. The van der Waals surface area contributed by atoms with Crippen molar-refractivity contribution in [2.45, 2.75) is 13.3 Å².